The lowest BCUT2D eigenvalue weighted by Crippen LogP contribution is -1.84. The first-order chi connectivity index (χ1) is 4.93. The van der Waals surface area contributed by atoms with Crippen LogP contribution in [-0.2, 0) is 4.79 Å². The lowest BCUT2D eigenvalue weighted by Gasteiger charge is -1.88. The van der Waals surface area contributed by atoms with Gasteiger partial charge in [-0.15, -0.1) is 11.3 Å². The monoisotopic (exact) mass is 154 g/mol. The van der Waals surface area contributed by atoms with E-state index in [1.165, 1.54) is 17.4 Å². The van der Waals surface area contributed by atoms with Crippen molar-refractivity contribution < 1.29 is 4.79 Å². The first-order valence-corrected chi connectivity index (χ1v) is 3.58. The fourth-order valence-electron chi connectivity index (χ4n) is 0.453. The molecule has 0 spiro atoms. The number of aromatic nitrogens is 1. The van der Waals surface area contributed by atoms with Gasteiger partial charge in [0.2, 0.25) is 0 Å². The number of aldehydes is 1. The Morgan fingerprint density at radius 3 is 3.20 bits per heavy atom. The second kappa shape index (κ2) is 3.79. The molecule has 4 heteroatoms. The third-order valence-corrected chi connectivity index (χ3v) is 1.52. The molecule has 10 heavy (non-hydrogen) atoms. The van der Waals surface area contributed by atoms with Gasteiger partial charge >= 0.3 is 0 Å². The average Bonchev–Trinajstić information content (AvgIpc) is 2.41. The van der Waals surface area contributed by atoms with E-state index in [1.54, 1.807) is 12.4 Å². The number of thiazole rings is 1. The number of carbonyl (C=O) groups excluding carboxylic acids is 1. The highest BCUT2D eigenvalue weighted by Gasteiger charge is 1.85. The first-order valence-electron chi connectivity index (χ1n) is 2.70. The zero-order valence-corrected chi connectivity index (χ0v) is 5.97. The minimum absolute atomic E-state index is 0.709. The van der Waals surface area contributed by atoms with Crippen LogP contribution in [0.3, 0.4) is 0 Å². The molecule has 1 aromatic heterocycles. The smallest absolute Gasteiger partial charge is 0.186 e. The van der Waals surface area contributed by atoms with Gasteiger partial charge in [0.05, 0.1) is 0 Å². The molecule has 0 unspecified atom stereocenters. The molecular weight excluding hydrogens is 148 g/mol. The van der Waals surface area contributed by atoms with Crippen molar-refractivity contribution in [2.24, 2.45) is 0 Å². The summed E-state index contributed by atoms with van der Waals surface area (Å²) in [6.07, 6.45) is 5.33. The molecule has 1 rings (SSSR count). The second-order valence-electron chi connectivity index (χ2n) is 1.48. The molecule has 0 atom stereocenters. The number of hydrogen-bond acceptors (Lipinski definition) is 4. The summed E-state index contributed by atoms with van der Waals surface area (Å²) in [5, 5.41) is 5.47. The summed E-state index contributed by atoms with van der Waals surface area (Å²) in [4.78, 5) is 13.7. The van der Waals surface area contributed by atoms with Crippen molar-refractivity contribution in [3.63, 3.8) is 0 Å². The summed E-state index contributed by atoms with van der Waals surface area (Å²) in [6.45, 7) is 0. The molecule has 0 aliphatic heterocycles. The topological polar surface area (TPSA) is 42.0 Å². The maximum absolute atomic E-state index is 9.79. The SMILES string of the molecule is O=C/C=C\Nc1nccs1. The van der Waals surface area contributed by atoms with E-state index in [-0.39, 0.29) is 0 Å². The van der Waals surface area contributed by atoms with E-state index in [2.05, 4.69) is 10.3 Å². The zero-order chi connectivity index (χ0) is 7.23. The number of rotatable bonds is 3. The van der Waals surface area contributed by atoms with Crippen molar-refractivity contribution in [2.75, 3.05) is 5.32 Å². The van der Waals surface area contributed by atoms with Crippen molar-refractivity contribution in [3.05, 3.63) is 23.9 Å². The Morgan fingerprint density at radius 1 is 1.70 bits per heavy atom. The number of carbonyl (C=O) groups is 1. The average molecular weight is 154 g/mol. The molecule has 0 saturated carbocycles. The van der Waals surface area contributed by atoms with Crippen LogP contribution in [0.1, 0.15) is 0 Å². The molecule has 0 bridgehead atoms. The molecule has 52 valence electrons. The summed E-state index contributed by atoms with van der Waals surface area (Å²) in [5.74, 6) is 0. The van der Waals surface area contributed by atoms with Crippen LogP contribution in [0, 0.1) is 0 Å². The highest BCUT2D eigenvalue weighted by Crippen LogP contribution is 2.09. The molecule has 1 aromatic rings. The van der Waals surface area contributed by atoms with E-state index in [9.17, 15) is 4.79 Å². The summed E-state index contributed by atoms with van der Waals surface area (Å²) in [5.41, 5.74) is 0. The van der Waals surface area contributed by atoms with Crippen molar-refractivity contribution in [1.29, 1.82) is 0 Å². The molecule has 0 fully saturated rings. The maximum atomic E-state index is 9.79. The van der Waals surface area contributed by atoms with Crippen LogP contribution in [0.15, 0.2) is 23.9 Å². The fraction of sp³-hybridized carbons (Fsp3) is 0. The first kappa shape index (κ1) is 6.95. The normalized spacial score (nSPS) is 10.0. The van der Waals surface area contributed by atoms with Crippen LogP contribution in [0.2, 0.25) is 0 Å². The van der Waals surface area contributed by atoms with E-state index < -0.39 is 0 Å². The van der Waals surface area contributed by atoms with Gasteiger partial charge in [-0.3, -0.25) is 4.79 Å². The molecule has 0 saturated heterocycles. The standard InChI is InChI=1S/C6H6N2OS/c9-4-1-2-7-6-8-3-5-10-6/h1-5H,(H,7,8)/b2-1-. The lowest BCUT2D eigenvalue weighted by atomic mass is 10.7. The largest absolute Gasteiger partial charge is 0.338 e. The quantitative estimate of drug-likeness (QED) is 0.526. The molecule has 0 amide bonds. The minimum atomic E-state index is 0.709. The number of allylic oxidation sites excluding steroid dienone is 1. The second-order valence-corrected chi connectivity index (χ2v) is 2.37. The van der Waals surface area contributed by atoms with Gasteiger partial charge in [-0.05, 0) is 6.08 Å². The van der Waals surface area contributed by atoms with Gasteiger partial charge in [-0.2, -0.15) is 0 Å². The predicted octanol–water partition coefficient (Wildman–Crippen LogP) is 1.27. The van der Waals surface area contributed by atoms with Crippen LogP contribution in [0.25, 0.3) is 0 Å². The van der Waals surface area contributed by atoms with Crippen LogP contribution in [0.4, 0.5) is 5.13 Å². The van der Waals surface area contributed by atoms with Gasteiger partial charge in [-0.25, -0.2) is 4.98 Å². The van der Waals surface area contributed by atoms with Crippen molar-refractivity contribution in [2.45, 2.75) is 0 Å². The van der Waals surface area contributed by atoms with Crippen molar-refractivity contribution in [1.82, 2.24) is 4.98 Å². The van der Waals surface area contributed by atoms with Gasteiger partial charge < -0.3 is 5.32 Å². The third-order valence-electron chi connectivity index (χ3n) is 0.814. The Morgan fingerprint density at radius 2 is 2.60 bits per heavy atom. The summed E-state index contributed by atoms with van der Waals surface area (Å²) in [7, 11) is 0. The van der Waals surface area contributed by atoms with Gasteiger partial charge in [0.15, 0.2) is 5.13 Å². The van der Waals surface area contributed by atoms with Gasteiger partial charge in [0, 0.05) is 17.8 Å². The maximum Gasteiger partial charge on any atom is 0.186 e. The summed E-state index contributed by atoms with van der Waals surface area (Å²) < 4.78 is 0. The summed E-state index contributed by atoms with van der Waals surface area (Å²) >= 11 is 1.48. The lowest BCUT2D eigenvalue weighted by molar-refractivity contribution is -0.104. The van der Waals surface area contributed by atoms with E-state index in [0.29, 0.717) is 6.29 Å². The highest BCUT2D eigenvalue weighted by atomic mass is 32.1. The fourth-order valence-corrected chi connectivity index (χ4v) is 0.962. The number of nitrogens with zero attached hydrogens (tertiary/aromatic N) is 1. The molecule has 0 radical (unpaired) electrons. The third kappa shape index (κ3) is 1.99. The zero-order valence-electron chi connectivity index (χ0n) is 5.15. The van der Waals surface area contributed by atoms with Crippen LogP contribution < -0.4 is 5.32 Å². The Labute approximate surface area is 62.4 Å². The predicted molar refractivity (Wildman–Crippen MR) is 40.9 cm³/mol. The molecule has 1 heterocycles. The van der Waals surface area contributed by atoms with E-state index in [4.69, 9.17) is 0 Å². The molecule has 1 N–H and O–H groups in total. The van der Waals surface area contributed by atoms with Crippen molar-refractivity contribution >= 4 is 22.8 Å². The Bertz CT molecular complexity index is 218. The Hall–Kier alpha value is -1.16. The molecular formula is C6H6N2OS. The molecule has 0 aromatic carbocycles. The van der Waals surface area contributed by atoms with Crippen molar-refractivity contribution in [3.8, 4) is 0 Å². The Kier molecular flexibility index (Phi) is 2.63. The molecule has 0 aliphatic carbocycles. The van der Waals surface area contributed by atoms with E-state index in [0.717, 1.165) is 5.13 Å². The van der Waals surface area contributed by atoms with Crippen LogP contribution in [0.5, 0.6) is 0 Å². The van der Waals surface area contributed by atoms with Gasteiger partial charge in [-0.1, -0.05) is 0 Å². The molecule has 0 aliphatic rings. The summed E-state index contributed by atoms with van der Waals surface area (Å²) in [6, 6.07) is 0. The van der Waals surface area contributed by atoms with Gasteiger partial charge in [0.25, 0.3) is 0 Å². The highest BCUT2D eigenvalue weighted by molar-refractivity contribution is 7.13. The number of hydrogen-bond donors (Lipinski definition) is 1. The molecule has 3 nitrogen and oxygen atoms in total. The van der Waals surface area contributed by atoms with E-state index >= 15 is 0 Å². The Balaban J connectivity index is 2.41. The number of nitrogens with one attached hydrogen (secondary N) is 1. The van der Waals surface area contributed by atoms with E-state index in [1.807, 2.05) is 5.38 Å². The van der Waals surface area contributed by atoms with Gasteiger partial charge in [0.1, 0.15) is 6.29 Å². The van der Waals surface area contributed by atoms with Crippen LogP contribution >= 0.6 is 11.3 Å². The van der Waals surface area contributed by atoms with Crippen LogP contribution in [-0.4, -0.2) is 11.3 Å². The number of anilines is 1. The minimum Gasteiger partial charge on any atom is -0.338 e.